The Kier molecular flexibility index (Phi) is 4.61. The maximum absolute atomic E-state index is 12.6. The van der Waals surface area contributed by atoms with E-state index in [4.69, 9.17) is 9.47 Å². The second kappa shape index (κ2) is 7.71. The monoisotopic (exact) mass is 398 g/mol. The molecule has 7 heteroatoms. The van der Waals surface area contributed by atoms with Crippen LogP contribution in [0, 0.1) is 0 Å². The van der Waals surface area contributed by atoms with Crippen LogP contribution < -0.4 is 20.1 Å². The fourth-order valence-corrected chi connectivity index (χ4v) is 3.27. The first-order valence-electron chi connectivity index (χ1n) is 9.54. The average Bonchev–Trinajstić information content (AvgIpc) is 2.80. The van der Waals surface area contributed by atoms with Gasteiger partial charge in [0, 0.05) is 29.5 Å². The minimum absolute atomic E-state index is 0.252. The largest absolute Gasteiger partial charge is 0.486 e. The zero-order chi connectivity index (χ0) is 20.3. The predicted octanol–water partition coefficient (Wildman–Crippen LogP) is 4.40. The minimum Gasteiger partial charge on any atom is -0.486 e. The molecule has 0 atom stereocenters. The number of amides is 1. The number of aromatic nitrogens is 2. The molecule has 1 aliphatic rings. The van der Waals surface area contributed by atoms with Gasteiger partial charge < -0.3 is 20.1 Å². The lowest BCUT2D eigenvalue weighted by Crippen LogP contribution is -2.16. The van der Waals surface area contributed by atoms with Crippen LogP contribution in [0.2, 0.25) is 0 Å². The van der Waals surface area contributed by atoms with Crippen molar-refractivity contribution in [2.75, 3.05) is 23.8 Å². The number of carbonyl (C=O) groups excluding carboxylic acids is 1. The molecule has 0 bridgehead atoms. The molecule has 3 heterocycles. The molecule has 2 aromatic heterocycles. The van der Waals surface area contributed by atoms with E-state index in [2.05, 4.69) is 20.6 Å². The fourth-order valence-electron chi connectivity index (χ4n) is 3.27. The van der Waals surface area contributed by atoms with Gasteiger partial charge in [0.1, 0.15) is 19.0 Å². The smallest absolute Gasteiger partial charge is 0.257 e. The summed E-state index contributed by atoms with van der Waals surface area (Å²) < 4.78 is 11.0. The zero-order valence-corrected chi connectivity index (χ0v) is 16.0. The summed E-state index contributed by atoms with van der Waals surface area (Å²) >= 11 is 0. The first-order valence-corrected chi connectivity index (χ1v) is 9.54. The number of anilines is 3. The van der Waals surface area contributed by atoms with Crippen molar-refractivity contribution in [2.24, 2.45) is 0 Å². The van der Waals surface area contributed by atoms with Crippen LogP contribution in [0.5, 0.6) is 11.5 Å². The summed E-state index contributed by atoms with van der Waals surface area (Å²) in [6.45, 7) is 1.02. The predicted molar refractivity (Wildman–Crippen MR) is 115 cm³/mol. The second-order valence-corrected chi connectivity index (χ2v) is 6.75. The summed E-state index contributed by atoms with van der Waals surface area (Å²) in [5.74, 6) is 1.68. The Balaban J connectivity index is 1.30. The van der Waals surface area contributed by atoms with Gasteiger partial charge in [-0.3, -0.25) is 9.78 Å². The van der Waals surface area contributed by atoms with Gasteiger partial charge in [0.15, 0.2) is 11.5 Å². The van der Waals surface area contributed by atoms with E-state index < -0.39 is 0 Å². The van der Waals surface area contributed by atoms with Gasteiger partial charge in [0.05, 0.1) is 16.8 Å². The Morgan fingerprint density at radius 2 is 1.77 bits per heavy atom. The molecule has 30 heavy (non-hydrogen) atoms. The summed E-state index contributed by atoms with van der Waals surface area (Å²) in [4.78, 5) is 21.4. The van der Waals surface area contributed by atoms with Crippen LogP contribution in [0.15, 0.2) is 73.1 Å². The van der Waals surface area contributed by atoms with E-state index in [1.165, 1.54) is 6.20 Å². The molecular weight excluding hydrogens is 380 g/mol. The molecule has 5 rings (SSSR count). The maximum Gasteiger partial charge on any atom is 0.257 e. The second-order valence-electron chi connectivity index (χ2n) is 6.75. The van der Waals surface area contributed by atoms with Crippen LogP contribution in [-0.4, -0.2) is 29.1 Å². The van der Waals surface area contributed by atoms with Crippen LogP contribution in [0.3, 0.4) is 0 Å². The van der Waals surface area contributed by atoms with E-state index in [9.17, 15) is 4.79 Å². The minimum atomic E-state index is -0.252. The van der Waals surface area contributed by atoms with Crippen LogP contribution in [-0.2, 0) is 0 Å². The molecule has 0 unspecified atom stereocenters. The summed E-state index contributed by atoms with van der Waals surface area (Å²) in [6.07, 6.45) is 3.29. The molecule has 0 spiro atoms. The number of benzene rings is 2. The van der Waals surface area contributed by atoms with Gasteiger partial charge >= 0.3 is 0 Å². The van der Waals surface area contributed by atoms with Crippen LogP contribution in [0.25, 0.3) is 10.9 Å². The Bertz CT molecular complexity index is 1220. The molecule has 0 fully saturated rings. The maximum atomic E-state index is 12.6. The number of carbonyl (C=O) groups is 1. The average molecular weight is 398 g/mol. The highest BCUT2D eigenvalue weighted by Gasteiger charge is 2.14. The van der Waals surface area contributed by atoms with Gasteiger partial charge in [0.2, 0.25) is 0 Å². The van der Waals surface area contributed by atoms with Crippen molar-refractivity contribution in [1.82, 2.24) is 9.97 Å². The van der Waals surface area contributed by atoms with E-state index in [0.29, 0.717) is 41.8 Å². The van der Waals surface area contributed by atoms with Crippen LogP contribution in [0.4, 0.5) is 17.2 Å². The molecule has 2 N–H and O–H groups in total. The third-order valence-electron chi connectivity index (χ3n) is 4.72. The standard InChI is InChI=1S/C23H18N4O3/c28-23(26-17-7-8-19-20(13-17)30-12-11-29-19)16-6-9-21(25-14-16)27-18-5-1-3-15-4-2-10-24-22(15)18/h1-10,13-14H,11-12H2,(H,25,27)(H,26,28). The first-order chi connectivity index (χ1) is 14.8. The highest BCUT2D eigenvalue weighted by molar-refractivity contribution is 6.04. The zero-order valence-electron chi connectivity index (χ0n) is 16.0. The lowest BCUT2D eigenvalue weighted by Gasteiger charge is -2.19. The van der Waals surface area contributed by atoms with Crippen molar-refractivity contribution < 1.29 is 14.3 Å². The molecule has 148 valence electrons. The van der Waals surface area contributed by atoms with Crippen molar-refractivity contribution >= 4 is 34.0 Å². The van der Waals surface area contributed by atoms with Gasteiger partial charge in [-0.15, -0.1) is 0 Å². The third-order valence-corrected chi connectivity index (χ3v) is 4.72. The lowest BCUT2D eigenvalue weighted by molar-refractivity contribution is 0.102. The number of ether oxygens (including phenoxy) is 2. The van der Waals surface area contributed by atoms with Gasteiger partial charge in [-0.1, -0.05) is 18.2 Å². The molecule has 1 amide bonds. The number of para-hydroxylation sites is 1. The SMILES string of the molecule is O=C(Nc1ccc2c(c1)OCCO2)c1ccc(Nc2cccc3cccnc23)nc1. The van der Waals surface area contributed by atoms with Crippen LogP contribution >= 0.6 is 0 Å². The van der Waals surface area contributed by atoms with Gasteiger partial charge in [-0.05, 0) is 36.4 Å². The van der Waals surface area contributed by atoms with Gasteiger partial charge in [-0.25, -0.2) is 4.98 Å². The lowest BCUT2D eigenvalue weighted by atomic mass is 10.2. The number of pyridine rings is 2. The molecule has 0 saturated heterocycles. The summed E-state index contributed by atoms with van der Waals surface area (Å²) in [5, 5.41) is 7.16. The quantitative estimate of drug-likeness (QED) is 0.530. The van der Waals surface area contributed by atoms with Gasteiger partial charge in [-0.2, -0.15) is 0 Å². The molecule has 4 aromatic rings. The van der Waals surface area contributed by atoms with Crippen molar-refractivity contribution in [2.45, 2.75) is 0 Å². The van der Waals surface area contributed by atoms with Crippen molar-refractivity contribution in [3.8, 4) is 11.5 Å². The topological polar surface area (TPSA) is 85.4 Å². The molecule has 7 nitrogen and oxygen atoms in total. The van der Waals surface area contributed by atoms with Crippen LogP contribution in [0.1, 0.15) is 10.4 Å². The van der Waals surface area contributed by atoms with E-state index >= 15 is 0 Å². The van der Waals surface area contributed by atoms with E-state index in [1.807, 2.05) is 30.3 Å². The molecule has 2 aromatic carbocycles. The highest BCUT2D eigenvalue weighted by atomic mass is 16.6. The Labute approximate surface area is 172 Å². The summed E-state index contributed by atoms with van der Waals surface area (Å²) in [6, 6.07) is 18.6. The molecule has 0 aliphatic carbocycles. The number of rotatable bonds is 4. The number of fused-ring (bicyclic) bond motifs is 2. The molecule has 0 radical (unpaired) electrons. The van der Waals surface area contributed by atoms with Crippen molar-refractivity contribution in [3.63, 3.8) is 0 Å². The highest BCUT2D eigenvalue weighted by Crippen LogP contribution is 2.32. The molecule has 1 aliphatic heterocycles. The first kappa shape index (κ1) is 17.9. The van der Waals surface area contributed by atoms with E-state index in [0.717, 1.165) is 16.6 Å². The normalized spacial score (nSPS) is 12.4. The Morgan fingerprint density at radius 3 is 2.63 bits per heavy atom. The number of nitrogens with one attached hydrogen (secondary N) is 2. The fraction of sp³-hybridized carbons (Fsp3) is 0.0870. The molecular formula is C23H18N4O3. The van der Waals surface area contributed by atoms with Crippen molar-refractivity contribution in [1.29, 1.82) is 0 Å². The van der Waals surface area contributed by atoms with Crippen molar-refractivity contribution in [3.05, 3.63) is 78.6 Å². The van der Waals surface area contributed by atoms with E-state index in [1.54, 1.807) is 36.5 Å². The Hall–Kier alpha value is -4.13. The molecule has 0 saturated carbocycles. The summed E-state index contributed by atoms with van der Waals surface area (Å²) in [7, 11) is 0. The number of nitrogens with zero attached hydrogens (tertiary/aromatic N) is 2. The van der Waals surface area contributed by atoms with E-state index in [-0.39, 0.29) is 5.91 Å². The number of hydrogen-bond acceptors (Lipinski definition) is 6. The Morgan fingerprint density at radius 1 is 0.900 bits per heavy atom. The number of hydrogen-bond donors (Lipinski definition) is 2. The summed E-state index contributed by atoms with van der Waals surface area (Å²) in [5.41, 5.74) is 2.80. The third kappa shape index (κ3) is 3.60. The van der Waals surface area contributed by atoms with Gasteiger partial charge in [0.25, 0.3) is 5.91 Å².